The molecule has 3 heteroatoms. The Balaban J connectivity index is 1.66. The second-order valence-corrected chi connectivity index (χ2v) is 6.72. The zero-order valence-corrected chi connectivity index (χ0v) is 12.9. The van der Waals surface area contributed by atoms with Crippen LogP contribution in [0.4, 0.5) is 0 Å². The van der Waals surface area contributed by atoms with E-state index in [-0.39, 0.29) is 0 Å². The molecule has 2 fully saturated rings. The van der Waals surface area contributed by atoms with Crippen molar-refractivity contribution in [2.75, 3.05) is 32.8 Å². The Morgan fingerprint density at radius 2 is 2.16 bits per heavy atom. The average molecular weight is 268 g/mol. The summed E-state index contributed by atoms with van der Waals surface area (Å²) in [5, 5.41) is 3.63. The van der Waals surface area contributed by atoms with Gasteiger partial charge in [0, 0.05) is 25.7 Å². The van der Waals surface area contributed by atoms with Crippen LogP contribution in [0.3, 0.4) is 0 Å². The molecule has 0 aromatic heterocycles. The molecule has 2 atom stereocenters. The van der Waals surface area contributed by atoms with E-state index < -0.39 is 0 Å². The van der Waals surface area contributed by atoms with E-state index in [0.29, 0.717) is 6.10 Å². The number of hydrogen-bond donors (Lipinski definition) is 1. The molecule has 0 saturated carbocycles. The fourth-order valence-corrected chi connectivity index (χ4v) is 3.41. The Bertz CT molecular complexity index is 233. The standard InChI is InChI=1S/C16H32N2O/c1-14(2)12-18(13-15-6-3-9-17-15)10-4-7-16-8-5-11-19-16/h14-17H,3-13H2,1-2H3. The summed E-state index contributed by atoms with van der Waals surface area (Å²) >= 11 is 0. The largest absolute Gasteiger partial charge is 0.378 e. The lowest BCUT2D eigenvalue weighted by atomic mass is 10.1. The molecule has 1 N–H and O–H groups in total. The lowest BCUT2D eigenvalue weighted by molar-refractivity contribution is 0.0975. The number of hydrogen-bond acceptors (Lipinski definition) is 3. The summed E-state index contributed by atoms with van der Waals surface area (Å²) in [4.78, 5) is 2.67. The Kier molecular flexibility index (Phi) is 6.62. The average Bonchev–Trinajstić information content (AvgIpc) is 3.00. The molecular weight excluding hydrogens is 236 g/mol. The topological polar surface area (TPSA) is 24.5 Å². The zero-order valence-electron chi connectivity index (χ0n) is 12.9. The van der Waals surface area contributed by atoms with Crippen molar-refractivity contribution in [3.8, 4) is 0 Å². The molecular formula is C16H32N2O. The molecule has 0 aromatic carbocycles. The molecule has 112 valence electrons. The van der Waals surface area contributed by atoms with E-state index >= 15 is 0 Å². The molecule has 2 saturated heterocycles. The van der Waals surface area contributed by atoms with Crippen LogP contribution in [0.15, 0.2) is 0 Å². The number of nitrogens with one attached hydrogen (secondary N) is 1. The number of nitrogens with zero attached hydrogens (tertiary/aromatic N) is 1. The summed E-state index contributed by atoms with van der Waals surface area (Å²) in [6.45, 7) is 10.6. The summed E-state index contributed by atoms with van der Waals surface area (Å²) in [6, 6.07) is 0.737. The first kappa shape index (κ1) is 15.3. The maximum atomic E-state index is 5.72. The van der Waals surface area contributed by atoms with Gasteiger partial charge in [0.25, 0.3) is 0 Å². The molecule has 0 radical (unpaired) electrons. The quantitative estimate of drug-likeness (QED) is 0.732. The summed E-state index contributed by atoms with van der Waals surface area (Å²) in [5.41, 5.74) is 0. The Labute approximate surface area is 119 Å². The van der Waals surface area contributed by atoms with Gasteiger partial charge in [-0.2, -0.15) is 0 Å². The SMILES string of the molecule is CC(C)CN(CCCC1CCCO1)CC1CCCN1. The normalized spacial score (nSPS) is 27.8. The first-order chi connectivity index (χ1) is 9.24. The first-order valence-electron chi connectivity index (χ1n) is 8.31. The molecule has 2 aliphatic rings. The van der Waals surface area contributed by atoms with Crippen LogP contribution in [0.1, 0.15) is 52.4 Å². The van der Waals surface area contributed by atoms with Gasteiger partial charge in [0.05, 0.1) is 6.10 Å². The summed E-state index contributed by atoms with van der Waals surface area (Å²) in [5.74, 6) is 0.768. The van der Waals surface area contributed by atoms with Gasteiger partial charge in [-0.25, -0.2) is 0 Å². The second kappa shape index (κ2) is 8.23. The molecule has 0 spiro atoms. The lowest BCUT2D eigenvalue weighted by Crippen LogP contribution is -2.40. The molecule has 2 unspecified atom stereocenters. The molecule has 0 aromatic rings. The van der Waals surface area contributed by atoms with Crippen LogP contribution in [-0.4, -0.2) is 49.8 Å². The monoisotopic (exact) mass is 268 g/mol. The highest BCUT2D eigenvalue weighted by Crippen LogP contribution is 2.17. The van der Waals surface area contributed by atoms with E-state index in [2.05, 4.69) is 24.1 Å². The fourth-order valence-electron chi connectivity index (χ4n) is 3.41. The van der Waals surface area contributed by atoms with Crippen molar-refractivity contribution in [3.63, 3.8) is 0 Å². The van der Waals surface area contributed by atoms with Crippen molar-refractivity contribution >= 4 is 0 Å². The minimum absolute atomic E-state index is 0.561. The number of ether oxygens (including phenoxy) is 1. The highest BCUT2D eigenvalue weighted by Gasteiger charge is 2.19. The third-order valence-electron chi connectivity index (χ3n) is 4.29. The van der Waals surface area contributed by atoms with Gasteiger partial charge in [-0.1, -0.05) is 13.8 Å². The predicted molar refractivity (Wildman–Crippen MR) is 80.5 cm³/mol. The van der Waals surface area contributed by atoms with Gasteiger partial charge in [-0.05, 0) is 57.5 Å². The van der Waals surface area contributed by atoms with Crippen molar-refractivity contribution in [1.82, 2.24) is 10.2 Å². The molecule has 0 amide bonds. The molecule has 19 heavy (non-hydrogen) atoms. The van der Waals surface area contributed by atoms with Crippen LogP contribution in [-0.2, 0) is 4.74 Å². The van der Waals surface area contributed by atoms with Gasteiger partial charge in [0.2, 0.25) is 0 Å². The van der Waals surface area contributed by atoms with E-state index in [1.807, 2.05) is 0 Å². The van der Waals surface area contributed by atoms with Crippen LogP contribution in [0, 0.1) is 5.92 Å². The van der Waals surface area contributed by atoms with Crippen molar-refractivity contribution in [2.45, 2.75) is 64.5 Å². The second-order valence-electron chi connectivity index (χ2n) is 6.72. The molecule has 0 aliphatic carbocycles. The smallest absolute Gasteiger partial charge is 0.0576 e. The molecule has 2 aliphatic heterocycles. The summed E-state index contributed by atoms with van der Waals surface area (Å²) in [7, 11) is 0. The van der Waals surface area contributed by atoms with Crippen molar-refractivity contribution in [2.24, 2.45) is 5.92 Å². The Morgan fingerprint density at radius 3 is 2.79 bits per heavy atom. The van der Waals surface area contributed by atoms with E-state index in [0.717, 1.165) is 18.6 Å². The van der Waals surface area contributed by atoms with Crippen LogP contribution in [0.25, 0.3) is 0 Å². The third-order valence-corrected chi connectivity index (χ3v) is 4.29. The molecule has 2 rings (SSSR count). The highest BCUT2D eigenvalue weighted by molar-refractivity contribution is 4.78. The lowest BCUT2D eigenvalue weighted by Gasteiger charge is -2.27. The van der Waals surface area contributed by atoms with Crippen molar-refractivity contribution < 1.29 is 4.74 Å². The third kappa shape index (κ3) is 5.80. The van der Waals surface area contributed by atoms with Crippen molar-refractivity contribution in [3.05, 3.63) is 0 Å². The van der Waals surface area contributed by atoms with Gasteiger partial charge >= 0.3 is 0 Å². The fraction of sp³-hybridized carbons (Fsp3) is 1.00. The van der Waals surface area contributed by atoms with E-state index in [1.165, 1.54) is 64.7 Å². The Morgan fingerprint density at radius 1 is 1.26 bits per heavy atom. The first-order valence-corrected chi connectivity index (χ1v) is 8.31. The zero-order chi connectivity index (χ0) is 13.5. The maximum absolute atomic E-state index is 5.72. The molecule has 0 bridgehead atoms. The molecule has 2 heterocycles. The highest BCUT2D eigenvalue weighted by atomic mass is 16.5. The van der Waals surface area contributed by atoms with Crippen LogP contribution in [0.5, 0.6) is 0 Å². The molecule has 3 nitrogen and oxygen atoms in total. The van der Waals surface area contributed by atoms with E-state index in [4.69, 9.17) is 4.74 Å². The minimum atomic E-state index is 0.561. The van der Waals surface area contributed by atoms with Crippen LogP contribution < -0.4 is 5.32 Å². The van der Waals surface area contributed by atoms with Crippen LogP contribution >= 0.6 is 0 Å². The maximum Gasteiger partial charge on any atom is 0.0576 e. The van der Waals surface area contributed by atoms with Crippen LogP contribution in [0.2, 0.25) is 0 Å². The minimum Gasteiger partial charge on any atom is -0.378 e. The van der Waals surface area contributed by atoms with Gasteiger partial charge < -0.3 is 15.0 Å². The van der Waals surface area contributed by atoms with Gasteiger partial charge in [0.15, 0.2) is 0 Å². The van der Waals surface area contributed by atoms with E-state index in [9.17, 15) is 0 Å². The van der Waals surface area contributed by atoms with Gasteiger partial charge in [-0.3, -0.25) is 0 Å². The number of rotatable bonds is 8. The van der Waals surface area contributed by atoms with Gasteiger partial charge in [-0.15, -0.1) is 0 Å². The Hall–Kier alpha value is -0.120. The summed E-state index contributed by atoms with van der Waals surface area (Å²) < 4.78 is 5.72. The summed E-state index contributed by atoms with van der Waals surface area (Å²) in [6.07, 6.45) is 8.39. The van der Waals surface area contributed by atoms with E-state index in [1.54, 1.807) is 0 Å². The predicted octanol–water partition coefficient (Wildman–Crippen LogP) is 2.66. The van der Waals surface area contributed by atoms with Crippen molar-refractivity contribution in [1.29, 1.82) is 0 Å². The van der Waals surface area contributed by atoms with Gasteiger partial charge in [0.1, 0.15) is 0 Å².